The van der Waals surface area contributed by atoms with Crippen LogP contribution in [0.3, 0.4) is 0 Å². The third kappa shape index (κ3) is 3.81. The summed E-state index contributed by atoms with van der Waals surface area (Å²) in [5.41, 5.74) is -0.0928. The zero-order chi connectivity index (χ0) is 13.7. The quantitative estimate of drug-likeness (QED) is 0.592. The molecule has 2 N–H and O–H groups in total. The Kier molecular flexibility index (Phi) is 4.78. The number of carboxylic acids is 1. The van der Waals surface area contributed by atoms with E-state index in [2.05, 4.69) is 5.32 Å². The van der Waals surface area contributed by atoms with Crippen LogP contribution in [-0.4, -0.2) is 38.8 Å². The molecule has 0 saturated heterocycles. The van der Waals surface area contributed by atoms with Crippen LogP contribution in [0.5, 0.6) is 0 Å². The van der Waals surface area contributed by atoms with Crippen molar-refractivity contribution in [2.24, 2.45) is 0 Å². The van der Waals surface area contributed by atoms with Gasteiger partial charge < -0.3 is 10.4 Å². The highest BCUT2D eigenvalue weighted by Gasteiger charge is 2.14. The minimum atomic E-state index is -1.18. The summed E-state index contributed by atoms with van der Waals surface area (Å²) >= 11 is 0. The summed E-state index contributed by atoms with van der Waals surface area (Å²) in [6, 6.07) is 3.46. The molecule has 0 aliphatic heterocycles. The highest BCUT2D eigenvalue weighted by atomic mass is 32.2. The number of aromatic carboxylic acids is 1. The smallest absolute Gasteiger partial charge is 0.337 e. The van der Waals surface area contributed by atoms with Gasteiger partial charge in [-0.2, -0.15) is 0 Å². The average Bonchev–Trinajstić information content (AvgIpc) is 2.27. The number of anilines is 1. The molecular formula is C10H12N2O5S. The van der Waals surface area contributed by atoms with Gasteiger partial charge in [0.25, 0.3) is 5.69 Å². The fourth-order valence-electron chi connectivity index (χ4n) is 1.31. The number of benzene rings is 1. The number of carbonyl (C=O) groups is 1. The molecule has 0 aliphatic rings. The van der Waals surface area contributed by atoms with Crippen LogP contribution >= 0.6 is 0 Å². The van der Waals surface area contributed by atoms with E-state index in [0.717, 1.165) is 12.1 Å². The Hall–Kier alpha value is -1.96. The normalized spacial score (nSPS) is 11.8. The second-order valence-electron chi connectivity index (χ2n) is 3.50. The van der Waals surface area contributed by atoms with E-state index in [9.17, 15) is 19.1 Å². The average molecular weight is 272 g/mol. The Balaban J connectivity index is 2.96. The second-order valence-corrected chi connectivity index (χ2v) is 5.05. The van der Waals surface area contributed by atoms with E-state index in [-0.39, 0.29) is 23.5 Å². The maximum Gasteiger partial charge on any atom is 0.337 e. The zero-order valence-corrected chi connectivity index (χ0v) is 10.4. The van der Waals surface area contributed by atoms with Gasteiger partial charge in [-0.25, -0.2) is 4.79 Å². The van der Waals surface area contributed by atoms with Crippen LogP contribution in [0.2, 0.25) is 0 Å². The number of nitro benzene ring substituents is 1. The largest absolute Gasteiger partial charge is 0.478 e. The lowest BCUT2D eigenvalue weighted by Crippen LogP contribution is -2.13. The fraction of sp³-hybridized carbons (Fsp3) is 0.300. The SMILES string of the molecule is CS(=O)CCNc1cc([N+](=O)[O-])ccc1C(=O)O. The van der Waals surface area contributed by atoms with Crippen LogP contribution in [-0.2, 0) is 10.8 Å². The van der Waals surface area contributed by atoms with Crippen LogP contribution in [0.25, 0.3) is 0 Å². The van der Waals surface area contributed by atoms with Crippen LogP contribution in [0.4, 0.5) is 11.4 Å². The van der Waals surface area contributed by atoms with Crippen LogP contribution in [0.1, 0.15) is 10.4 Å². The van der Waals surface area contributed by atoms with Gasteiger partial charge in [-0.3, -0.25) is 14.3 Å². The minimum Gasteiger partial charge on any atom is -0.478 e. The summed E-state index contributed by atoms with van der Waals surface area (Å²) in [4.78, 5) is 20.9. The van der Waals surface area contributed by atoms with Gasteiger partial charge in [0.1, 0.15) is 0 Å². The number of nitrogens with zero attached hydrogens (tertiary/aromatic N) is 1. The highest BCUT2D eigenvalue weighted by molar-refractivity contribution is 7.84. The Bertz CT molecular complexity index is 503. The molecule has 1 aromatic rings. The standard InChI is InChI=1S/C10H12N2O5S/c1-18(17)5-4-11-9-6-7(12(15)16)2-3-8(9)10(13)14/h2-3,6,11H,4-5H2,1H3,(H,13,14). The number of nitro groups is 1. The molecule has 0 aliphatic carbocycles. The summed E-state index contributed by atoms with van der Waals surface area (Å²) in [7, 11) is -1.01. The molecule has 0 radical (unpaired) electrons. The third-order valence-electron chi connectivity index (χ3n) is 2.15. The van der Waals surface area contributed by atoms with E-state index in [1.165, 1.54) is 12.3 Å². The van der Waals surface area contributed by atoms with Crippen molar-refractivity contribution in [3.05, 3.63) is 33.9 Å². The van der Waals surface area contributed by atoms with Crippen LogP contribution < -0.4 is 5.32 Å². The molecule has 1 rings (SSSR count). The molecule has 7 nitrogen and oxygen atoms in total. The number of hydrogen-bond acceptors (Lipinski definition) is 5. The monoisotopic (exact) mass is 272 g/mol. The molecule has 0 amide bonds. The first-order chi connectivity index (χ1) is 8.41. The molecule has 0 fully saturated rings. The molecular weight excluding hydrogens is 260 g/mol. The van der Waals surface area contributed by atoms with Crippen molar-refractivity contribution in [3.63, 3.8) is 0 Å². The van der Waals surface area contributed by atoms with Gasteiger partial charge in [-0.15, -0.1) is 0 Å². The van der Waals surface area contributed by atoms with Gasteiger partial charge in [-0.1, -0.05) is 0 Å². The Labute approximate surface area is 105 Å². The van der Waals surface area contributed by atoms with Crippen molar-refractivity contribution in [2.45, 2.75) is 0 Å². The van der Waals surface area contributed by atoms with Gasteiger partial charge in [0.05, 0.1) is 16.2 Å². The summed E-state index contributed by atoms with van der Waals surface area (Å²) in [5.74, 6) is -0.841. The summed E-state index contributed by atoms with van der Waals surface area (Å²) in [6.45, 7) is 0.282. The van der Waals surface area contributed by atoms with Gasteiger partial charge in [0, 0.05) is 41.5 Å². The number of rotatable bonds is 6. The van der Waals surface area contributed by atoms with E-state index < -0.39 is 21.7 Å². The summed E-state index contributed by atoms with van der Waals surface area (Å²) in [6.07, 6.45) is 1.52. The fourth-order valence-corrected chi connectivity index (χ4v) is 1.70. The predicted octanol–water partition coefficient (Wildman–Crippen LogP) is 1.08. The lowest BCUT2D eigenvalue weighted by atomic mass is 10.1. The molecule has 1 unspecified atom stereocenters. The van der Waals surface area contributed by atoms with E-state index in [4.69, 9.17) is 5.11 Å². The number of hydrogen-bond donors (Lipinski definition) is 2. The lowest BCUT2D eigenvalue weighted by Gasteiger charge is -2.08. The maximum absolute atomic E-state index is 10.9. The van der Waals surface area contributed by atoms with Crippen LogP contribution in [0.15, 0.2) is 18.2 Å². The van der Waals surface area contributed by atoms with E-state index >= 15 is 0 Å². The first-order valence-electron chi connectivity index (χ1n) is 4.97. The van der Waals surface area contributed by atoms with E-state index in [0.29, 0.717) is 5.75 Å². The Morgan fingerprint density at radius 2 is 2.22 bits per heavy atom. The summed E-state index contributed by atoms with van der Waals surface area (Å²) < 4.78 is 10.9. The first kappa shape index (κ1) is 14.1. The van der Waals surface area contributed by atoms with Crippen molar-refractivity contribution in [1.82, 2.24) is 0 Å². The molecule has 0 aromatic heterocycles. The van der Waals surface area contributed by atoms with Crippen molar-refractivity contribution in [2.75, 3.05) is 23.9 Å². The van der Waals surface area contributed by atoms with Crippen molar-refractivity contribution in [3.8, 4) is 0 Å². The minimum absolute atomic E-state index is 0.0533. The molecule has 8 heteroatoms. The predicted molar refractivity (Wildman–Crippen MR) is 67.5 cm³/mol. The molecule has 0 heterocycles. The highest BCUT2D eigenvalue weighted by Crippen LogP contribution is 2.22. The topological polar surface area (TPSA) is 110 Å². The van der Waals surface area contributed by atoms with Crippen molar-refractivity contribution in [1.29, 1.82) is 0 Å². The van der Waals surface area contributed by atoms with Crippen LogP contribution in [0, 0.1) is 10.1 Å². The van der Waals surface area contributed by atoms with Crippen molar-refractivity contribution >= 4 is 28.1 Å². The molecule has 1 atom stereocenters. The first-order valence-corrected chi connectivity index (χ1v) is 6.70. The number of non-ortho nitro benzene ring substituents is 1. The Morgan fingerprint density at radius 1 is 1.56 bits per heavy atom. The molecule has 1 aromatic carbocycles. The van der Waals surface area contributed by atoms with Gasteiger partial charge >= 0.3 is 5.97 Å². The van der Waals surface area contributed by atoms with E-state index in [1.54, 1.807) is 0 Å². The van der Waals surface area contributed by atoms with E-state index in [1.807, 2.05) is 0 Å². The second kappa shape index (κ2) is 6.10. The molecule has 0 spiro atoms. The number of carboxylic acid groups (broad SMARTS) is 1. The number of nitrogens with one attached hydrogen (secondary N) is 1. The van der Waals surface area contributed by atoms with Gasteiger partial charge in [0.15, 0.2) is 0 Å². The Morgan fingerprint density at radius 3 is 2.72 bits per heavy atom. The van der Waals surface area contributed by atoms with Gasteiger partial charge in [-0.05, 0) is 6.07 Å². The van der Waals surface area contributed by atoms with Crippen molar-refractivity contribution < 1.29 is 19.0 Å². The molecule has 0 saturated carbocycles. The maximum atomic E-state index is 10.9. The molecule has 98 valence electrons. The lowest BCUT2D eigenvalue weighted by molar-refractivity contribution is -0.384. The molecule has 18 heavy (non-hydrogen) atoms. The summed E-state index contributed by atoms with van der Waals surface area (Å²) in [5, 5.41) is 22.3. The van der Waals surface area contributed by atoms with Gasteiger partial charge in [0.2, 0.25) is 0 Å². The zero-order valence-electron chi connectivity index (χ0n) is 9.58. The third-order valence-corrected chi connectivity index (χ3v) is 2.93. The molecule has 0 bridgehead atoms.